The Hall–Kier alpha value is -1.71. The van der Waals surface area contributed by atoms with Gasteiger partial charge in [0.25, 0.3) is 0 Å². The van der Waals surface area contributed by atoms with Gasteiger partial charge in [-0.25, -0.2) is 0 Å². The molecule has 1 unspecified atom stereocenters. The molecule has 3 atom stereocenters. The van der Waals surface area contributed by atoms with Gasteiger partial charge in [0.2, 0.25) is 5.91 Å². The fraction of sp³-hybridized carbons (Fsp3) is 0.650. The lowest BCUT2D eigenvalue weighted by Gasteiger charge is -2.29. The summed E-state index contributed by atoms with van der Waals surface area (Å²) in [5, 5.41) is 2.90. The summed E-state index contributed by atoms with van der Waals surface area (Å²) in [4.78, 5) is 28.2. The van der Waals surface area contributed by atoms with Crippen molar-refractivity contribution in [2.45, 2.75) is 73.8 Å². The van der Waals surface area contributed by atoms with Crippen LogP contribution in [-0.2, 0) is 9.59 Å². The van der Waals surface area contributed by atoms with Crippen LogP contribution in [0.15, 0.2) is 24.4 Å². The average molecular weight is 335 g/mol. The molecule has 0 radical (unpaired) electrons. The van der Waals surface area contributed by atoms with E-state index in [1.807, 2.05) is 66.7 Å². The summed E-state index contributed by atoms with van der Waals surface area (Å²) in [6, 6.07) is 5.32. The number of hydrogen-bond acceptors (Lipinski definition) is 3. The first-order valence-electron chi connectivity index (χ1n) is 9.02. The second kappa shape index (κ2) is 10.2. The summed E-state index contributed by atoms with van der Waals surface area (Å²) in [6.45, 7) is 15.4. The normalized spacial score (nSPS) is 19.7. The third-order valence-electron chi connectivity index (χ3n) is 3.75. The first-order chi connectivity index (χ1) is 11.3. The van der Waals surface area contributed by atoms with Crippen molar-refractivity contribution in [1.29, 1.82) is 0 Å². The zero-order chi connectivity index (χ0) is 18.9. The summed E-state index contributed by atoms with van der Waals surface area (Å²) >= 11 is 0. The first-order valence-corrected chi connectivity index (χ1v) is 9.02. The van der Waals surface area contributed by atoms with Gasteiger partial charge in [-0.1, -0.05) is 54.5 Å². The van der Waals surface area contributed by atoms with Crippen molar-refractivity contribution in [3.05, 3.63) is 30.1 Å². The van der Waals surface area contributed by atoms with Crippen molar-refractivity contribution in [2.75, 3.05) is 0 Å². The summed E-state index contributed by atoms with van der Waals surface area (Å²) in [6.07, 6.45) is 2.56. The van der Waals surface area contributed by atoms with Crippen molar-refractivity contribution in [1.82, 2.24) is 10.3 Å². The van der Waals surface area contributed by atoms with Crippen LogP contribution in [0.3, 0.4) is 0 Å². The molecule has 4 nitrogen and oxygen atoms in total. The van der Waals surface area contributed by atoms with Crippen molar-refractivity contribution >= 4 is 11.7 Å². The van der Waals surface area contributed by atoms with Gasteiger partial charge in [-0.2, -0.15) is 0 Å². The number of aromatic nitrogens is 1. The molecule has 1 aromatic rings. The van der Waals surface area contributed by atoms with Crippen molar-refractivity contribution in [2.24, 2.45) is 11.3 Å². The molecule has 1 amide bonds. The van der Waals surface area contributed by atoms with Crippen LogP contribution in [0.1, 0.15) is 73.4 Å². The zero-order valence-electron chi connectivity index (χ0n) is 16.5. The molecule has 1 aliphatic rings. The lowest BCUT2D eigenvalue weighted by atomic mass is 9.84. The summed E-state index contributed by atoms with van der Waals surface area (Å²) < 4.78 is 0. The lowest BCUT2D eigenvalue weighted by molar-refractivity contribution is -0.130. The van der Waals surface area contributed by atoms with E-state index in [1.54, 1.807) is 6.20 Å². The quantitative estimate of drug-likeness (QED) is 0.890. The summed E-state index contributed by atoms with van der Waals surface area (Å²) in [5.74, 6) is 0.120. The maximum absolute atomic E-state index is 12.3. The molecule has 1 fully saturated rings. The molecule has 1 aliphatic carbocycles. The molecule has 4 heteroatoms. The third kappa shape index (κ3) is 6.42. The molecule has 0 aliphatic heterocycles. The fourth-order valence-corrected chi connectivity index (χ4v) is 2.58. The van der Waals surface area contributed by atoms with Crippen molar-refractivity contribution < 1.29 is 9.59 Å². The minimum absolute atomic E-state index is 0.000820. The monoisotopic (exact) mass is 334 g/mol. The van der Waals surface area contributed by atoms with Crippen LogP contribution >= 0.6 is 0 Å². The van der Waals surface area contributed by atoms with Gasteiger partial charge in [0.05, 0.1) is 6.04 Å². The van der Waals surface area contributed by atoms with Gasteiger partial charge in [-0.15, -0.1) is 0 Å². The molecule has 1 N–H and O–H groups in total. The third-order valence-corrected chi connectivity index (χ3v) is 3.75. The highest BCUT2D eigenvalue weighted by molar-refractivity contribution is 5.90. The number of hydrogen-bond donors (Lipinski definition) is 1. The highest BCUT2D eigenvalue weighted by Gasteiger charge is 2.46. The van der Waals surface area contributed by atoms with Crippen LogP contribution in [0.25, 0.3) is 0 Å². The maximum Gasteiger partial charge on any atom is 0.224 e. The Morgan fingerprint density at radius 2 is 1.75 bits per heavy atom. The van der Waals surface area contributed by atoms with Crippen molar-refractivity contribution in [3.8, 4) is 0 Å². The van der Waals surface area contributed by atoms with Gasteiger partial charge in [-0.3, -0.25) is 14.6 Å². The van der Waals surface area contributed by atoms with Crippen LogP contribution in [0.2, 0.25) is 0 Å². The second-order valence-corrected chi connectivity index (χ2v) is 6.62. The number of rotatable bonds is 4. The van der Waals surface area contributed by atoms with E-state index < -0.39 is 6.04 Å². The highest BCUT2D eigenvalue weighted by atomic mass is 16.2. The molecule has 24 heavy (non-hydrogen) atoms. The Balaban J connectivity index is 0.00000123. The molecular weight excluding hydrogens is 300 g/mol. The van der Waals surface area contributed by atoms with E-state index in [0.717, 1.165) is 12.1 Å². The first kappa shape index (κ1) is 22.3. The molecule has 1 saturated carbocycles. The molecule has 0 spiro atoms. The highest BCUT2D eigenvalue weighted by Crippen LogP contribution is 2.46. The molecule has 136 valence electrons. The van der Waals surface area contributed by atoms with Crippen molar-refractivity contribution in [3.63, 3.8) is 0 Å². The largest absolute Gasteiger partial charge is 0.346 e. The van der Waals surface area contributed by atoms with Crippen LogP contribution < -0.4 is 5.32 Å². The van der Waals surface area contributed by atoms with E-state index in [0.29, 0.717) is 0 Å². The Morgan fingerprint density at radius 3 is 2.17 bits per heavy atom. The number of amides is 1. The summed E-state index contributed by atoms with van der Waals surface area (Å²) in [7, 11) is 0. The molecule has 0 saturated heterocycles. The van der Waals surface area contributed by atoms with E-state index in [9.17, 15) is 9.59 Å². The average Bonchev–Trinajstić information content (AvgIpc) is 3.36. The summed E-state index contributed by atoms with van der Waals surface area (Å²) in [5.41, 5.74) is 0.694. The van der Waals surface area contributed by atoms with E-state index in [2.05, 4.69) is 10.3 Å². The minimum Gasteiger partial charge on any atom is -0.346 e. The van der Waals surface area contributed by atoms with Gasteiger partial charge in [0.15, 0.2) is 5.78 Å². The number of carbonyl (C=O) groups is 2. The Morgan fingerprint density at radius 1 is 1.17 bits per heavy atom. The van der Waals surface area contributed by atoms with Gasteiger partial charge < -0.3 is 5.32 Å². The zero-order valence-corrected chi connectivity index (χ0v) is 16.5. The molecule has 0 bridgehead atoms. The lowest BCUT2D eigenvalue weighted by Crippen LogP contribution is -2.48. The second-order valence-electron chi connectivity index (χ2n) is 6.62. The SMILES string of the molecule is CC.CC.CC(=O)C(NC(=O)[C@H]1C[C@H]1c1ccccn1)C(C)(C)C. The van der Waals surface area contributed by atoms with E-state index >= 15 is 0 Å². The van der Waals surface area contributed by atoms with E-state index in [1.165, 1.54) is 6.92 Å². The number of ketones is 1. The maximum atomic E-state index is 12.3. The van der Waals surface area contributed by atoms with Crippen LogP contribution in [0, 0.1) is 11.3 Å². The van der Waals surface area contributed by atoms with Crippen LogP contribution in [0.4, 0.5) is 0 Å². The van der Waals surface area contributed by atoms with Gasteiger partial charge in [-0.05, 0) is 30.9 Å². The van der Waals surface area contributed by atoms with E-state index in [-0.39, 0.29) is 28.9 Å². The number of pyridine rings is 1. The van der Waals surface area contributed by atoms with Gasteiger partial charge in [0.1, 0.15) is 0 Å². The predicted molar refractivity (Wildman–Crippen MR) is 99.8 cm³/mol. The van der Waals surface area contributed by atoms with Gasteiger partial charge >= 0.3 is 0 Å². The fourth-order valence-electron chi connectivity index (χ4n) is 2.58. The molecule has 1 aromatic heterocycles. The van der Waals surface area contributed by atoms with E-state index in [4.69, 9.17) is 0 Å². The van der Waals surface area contributed by atoms with Crippen LogP contribution in [-0.4, -0.2) is 22.7 Å². The Bertz CT molecular complexity index is 506. The Kier molecular flexibility index (Phi) is 9.49. The topological polar surface area (TPSA) is 59.1 Å². The minimum atomic E-state index is -0.431. The Labute approximate surface area is 147 Å². The molecule has 0 aromatic carbocycles. The predicted octanol–water partition coefficient (Wildman–Crippen LogP) is 4.36. The standard InChI is InChI=1S/C16H22N2O2.2C2H6/c1-10(19)14(16(2,3)4)18-15(20)12-9-11(12)13-7-5-6-8-17-13;2*1-2/h5-8,11-12,14H,9H2,1-4H3,(H,18,20);2*1-2H3/t11-,12+,14?;;/m1../s1. The smallest absolute Gasteiger partial charge is 0.224 e. The number of carbonyl (C=O) groups excluding carboxylic acids is 2. The number of nitrogens with one attached hydrogen (secondary N) is 1. The van der Waals surface area contributed by atoms with Crippen LogP contribution in [0.5, 0.6) is 0 Å². The molecule has 2 rings (SSSR count). The van der Waals surface area contributed by atoms with Gasteiger partial charge in [0, 0.05) is 23.7 Å². The molecular formula is C20H34N2O2. The number of nitrogens with zero attached hydrogens (tertiary/aromatic N) is 1. The molecule has 1 heterocycles. The number of Topliss-reactive ketones (excluding diaryl/α,β-unsaturated/α-hetero) is 1.